The first kappa shape index (κ1) is 17.7. The Hall–Kier alpha value is -3.38. The molecule has 0 saturated carbocycles. The van der Waals surface area contributed by atoms with Crippen molar-refractivity contribution in [2.24, 2.45) is 0 Å². The van der Waals surface area contributed by atoms with E-state index in [1.165, 1.54) is 0 Å². The van der Waals surface area contributed by atoms with Gasteiger partial charge in [-0.3, -0.25) is 0 Å². The fourth-order valence-corrected chi connectivity index (χ4v) is 3.87. The lowest BCUT2D eigenvalue weighted by molar-refractivity contribution is 0.174. The largest absolute Gasteiger partial charge is 0.454 e. The predicted molar refractivity (Wildman–Crippen MR) is 113 cm³/mol. The highest BCUT2D eigenvalue weighted by molar-refractivity contribution is 7.98. The number of ether oxygens (including phenoxy) is 2. The Morgan fingerprint density at radius 3 is 2.17 bits per heavy atom. The first-order chi connectivity index (χ1) is 14.4. The van der Waals surface area contributed by atoms with E-state index in [0.717, 1.165) is 45.3 Å². The first-order valence-corrected chi connectivity index (χ1v) is 10.2. The van der Waals surface area contributed by atoms with Gasteiger partial charge < -0.3 is 9.47 Å². The molecule has 5 nitrogen and oxygen atoms in total. The average molecular weight is 399 g/mol. The number of thioether (sulfide) groups is 1. The van der Waals surface area contributed by atoms with Gasteiger partial charge in [0.15, 0.2) is 11.5 Å². The Labute approximate surface area is 172 Å². The molecule has 1 aliphatic heterocycles. The van der Waals surface area contributed by atoms with Crippen molar-refractivity contribution in [1.82, 2.24) is 15.2 Å². The van der Waals surface area contributed by atoms with Crippen molar-refractivity contribution in [3.05, 3.63) is 84.4 Å². The molecule has 2 heterocycles. The van der Waals surface area contributed by atoms with Crippen molar-refractivity contribution >= 4 is 11.8 Å². The zero-order valence-corrected chi connectivity index (χ0v) is 16.3. The molecule has 0 spiro atoms. The maximum absolute atomic E-state index is 5.46. The second kappa shape index (κ2) is 7.93. The predicted octanol–water partition coefficient (Wildman–Crippen LogP) is 5.23. The molecule has 0 radical (unpaired) electrons. The summed E-state index contributed by atoms with van der Waals surface area (Å²) in [4.78, 5) is 4.84. The summed E-state index contributed by atoms with van der Waals surface area (Å²) >= 11 is 1.55. The smallest absolute Gasteiger partial charge is 0.231 e. The van der Waals surface area contributed by atoms with Gasteiger partial charge in [-0.25, -0.2) is 4.98 Å². The van der Waals surface area contributed by atoms with Gasteiger partial charge in [-0.15, -0.1) is 10.2 Å². The molecule has 6 heteroatoms. The molecule has 0 N–H and O–H groups in total. The summed E-state index contributed by atoms with van der Waals surface area (Å²) in [6.45, 7) is 0.278. The Morgan fingerprint density at radius 1 is 0.724 bits per heavy atom. The highest BCUT2D eigenvalue weighted by atomic mass is 32.2. The first-order valence-electron chi connectivity index (χ1n) is 9.24. The minimum atomic E-state index is 0.278. The van der Waals surface area contributed by atoms with Crippen molar-refractivity contribution in [2.45, 2.75) is 10.9 Å². The van der Waals surface area contributed by atoms with Gasteiger partial charge in [-0.2, -0.15) is 0 Å². The molecule has 0 saturated heterocycles. The summed E-state index contributed by atoms with van der Waals surface area (Å²) in [5, 5.41) is 9.53. The van der Waals surface area contributed by atoms with Gasteiger partial charge in [0.25, 0.3) is 0 Å². The minimum absolute atomic E-state index is 0.278. The molecule has 0 aliphatic carbocycles. The van der Waals surface area contributed by atoms with E-state index in [-0.39, 0.29) is 6.79 Å². The third-order valence-corrected chi connectivity index (χ3v) is 5.48. The fourth-order valence-electron chi connectivity index (χ4n) is 3.14. The number of rotatable bonds is 5. The van der Waals surface area contributed by atoms with E-state index in [4.69, 9.17) is 14.5 Å². The number of nitrogens with zero attached hydrogens (tertiary/aromatic N) is 3. The van der Waals surface area contributed by atoms with Gasteiger partial charge in [-0.1, -0.05) is 78.5 Å². The van der Waals surface area contributed by atoms with E-state index in [1.807, 2.05) is 78.9 Å². The van der Waals surface area contributed by atoms with Crippen LogP contribution >= 0.6 is 11.8 Å². The number of fused-ring (bicyclic) bond motifs is 1. The van der Waals surface area contributed by atoms with Crippen LogP contribution in [0.1, 0.15) is 5.56 Å². The van der Waals surface area contributed by atoms with Crippen LogP contribution in [-0.2, 0) is 5.75 Å². The van der Waals surface area contributed by atoms with E-state index >= 15 is 0 Å². The summed E-state index contributed by atoms with van der Waals surface area (Å²) in [5.74, 6) is 2.29. The molecule has 0 atom stereocenters. The molecule has 29 heavy (non-hydrogen) atoms. The number of aromatic nitrogens is 3. The second-order valence-corrected chi connectivity index (χ2v) is 7.44. The highest BCUT2D eigenvalue weighted by Gasteiger charge is 2.15. The topological polar surface area (TPSA) is 57.1 Å². The van der Waals surface area contributed by atoms with E-state index < -0.39 is 0 Å². The van der Waals surface area contributed by atoms with Gasteiger partial charge in [0.05, 0.1) is 0 Å². The van der Waals surface area contributed by atoms with Crippen LogP contribution in [0.3, 0.4) is 0 Å². The maximum atomic E-state index is 5.46. The monoisotopic (exact) mass is 399 g/mol. The molecule has 3 aromatic carbocycles. The Kier molecular flexibility index (Phi) is 4.84. The van der Waals surface area contributed by atoms with Gasteiger partial charge in [-0.05, 0) is 17.7 Å². The fraction of sp³-hybridized carbons (Fsp3) is 0.0870. The molecule has 0 fully saturated rings. The zero-order chi connectivity index (χ0) is 19.5. The highest BCUT2D eigenvalue weighted by Crippen LogP contribution is 2.35. The van der Waals surface area contributed by atoms with Crippen LogP contribution in [0.15, 0.2) is 84.0 Å². The third-order valence-electron chi connectivity index (χ3n) is 4.57. The Morgan fingerprint density at radius 2 is 1.41 bits per heavy atom. The number of benzene rings is 3. The SMILES string of the molecule is c1ccc(-c2nnc(SCc3ccc4c(c3)OCO4)nc2-c2ccccc2)cc1. The summed E-state index contributed by atoms with van der Waals surface area (Å²) in [5.41, 5.74) is 4.75. The average Bonchev–Trinajstić information content (AvgIpc) is 3.27. The Bertz CT molecular complexity index is 1140. The maximum Gasteiger partial charge on any atom is 0.231 e. The van der Waals surface area contributed by atoms with Crippen molar-refractivity contribution < 1.29 is 9.47 Å². The lowest BCUT2D eigenvalue weighted by Crippen LogP contribution is -1.99. The molecule has 0 unspecified atom stereocenters. The number of hydrogen-bond donors (Lipinski definition) is 0. The molecular formula is C23H17N3O2S. The summed E-state index contributed by atoms with van der Waals surface area (Å²) in [6.07, 6.45) is 0. The van der Waals surface area contributed by atoms with Crippen molar-refractivity contribution in [3.8, 4) is 34.0 Å². The van der Waals surface area contributed by atoms with Crippen LogP contribution in [0.4, 0.5) is 0 Å². The van der Waals surface area contributed by atoms with Gasteiger partial charge in [0.1, 0.15) is 11.4 Å². The molecule has 142 valence electrons. The molecule has 5 rings (SSSR count). The summed E-state index contributed by atoms with van der Waals surface area (Å²) in [6, 6.07) is 26.1. The van der Waals surface area contributed by atoms with Crippen molar-refractivity contribution in [2.75, 3.05) is 6.79 Å². The minimum Gasteiger partial charge on any atom is -0.454 e. The van der Waals surface area contributed by atoms with Crippen LogP contribution in [0.25, 0.3) is 22.5 Å². The standard InChI is InChI=1S/C23H17N3O2S/c1-3-7-17(8-4-1)21-22(18-9-5-2-6-10-18)25-26-23(24-21)29-14-16-11-12-19-20(13-16)28-15-27-19/h1-13H,14-15H2. The molecular weight excluding hydrogens is 382 g/mol. The van der Waals surface area contributed by atoms with E-state index in [0.29, 0.717) is 5.16 Å². The lowest BCUT2D eigenvalue weighted by Gasteiger charge is -2.09. The molecule has 1 aromatic heterocycles. The van der Waals surface area contributed by atoms with E-state index in [1.54, 1.807) is 11.8 Å². The van der Waals surface area contributed by atoms with E-state index in [2.05, 4.69) is 10.2 Å². The van der Waals surface area contributed by atoms with Crippen molar-refractivity contribution in [1.29, 1.82) is 0 Å². The lowest BCUT2D eigenvalue weighted by atomic mass is 10.0. The summed E-state index contributed by atoms with van der Waals surface area (Å²) in [7, 11) is 0. The second-order valence-electron chi connectivity index (χ2n) is 6.50. The number of hydrogen-bond acceptors (Lipinski definition) is 6. The summed E-state index contributed by atoms with van der Waals surface area (Å²) < 4.78 is 10.8. The zero-order valence-electron chi connectivity index (χ0n) is 15.5. The molecule has 1 aliphatic rings. The van der Waals surface area contributed by atoms with Crippen LogP contribution in [0, 0.1) is 0 Å². The van der Waals surface area contributed by atoms with Crippen molar-refractivity contribution in [3.63, 3.8) is 0 Å². The van der Waals surface area contributed by atoms with Crippen LogP contribution < -0.4 is 9.47 Å². The normalized spacial score (nSPS) is 12.1. The van der Waals surface area contributed by atoms with Gasteiger partial charge >= 0.3 is 0 Å². The Balaban J connectivity index is 1.45. The quantitative estimate of drug-likeness (QED) is 0.429. The van der Waals surface area contributed by atoms with Crippen LogP contribution in [-0.4, -0.2) is 22.0 Å². The molecule has 0 bridgehead atoms. The molecule has 0 amide bonds. The van der Waals surface area contributed by atoms with E-state index in [9.17, 15) is 0 Å². The van der Waals surface area contributed by atoms with Gasteiger partial charge in [0, 0.05) is 16.9 Å². The molecule has 4 aromatic rings. The van der Waals surface area contributed by atoms with Crippen LogP contribution in [0.2, 0.25) is 0 Å². The van der Waals surface area contributed by atoms with Crippen LogP contribution in [0.5, 0.6) is 11.5 Å². The third kappa shape index (κ3) is 3.79. The van der Waals surface area contributed by atoms with Gasteiger partial charge in [0.2, 0.25) is 11.9 Å².